The van der Waals surface area contributed by atoms with Gasteiger partial charge < -0.3 is 15.2 Å². The van der Waals surface area contributed by atoms with Gasteiger partial charge in [-0.1, -0.05) is 6.07 Å². The number of pyridine rings is 1. The molecule has 19 heavy (non-hydrogen) atoms. The van der Waals surface area contributed by atoms with E-state index in [2.05, 4.69) is 10.3 Å². The first kappa shape index (κ1) is 13.5. The topological polar surface area (TPSA) is 88.5 Å². The van der Waals surface area contributed by atoms with Gasteiger partial charge in [0.2, 0.25) is 5.91 Å². The lowest BCUT2D eigenvalue weighted by atomic mass is 10.1. The van der Waals surface area contributed by atoms with Crippen LogP contribution in [0, 0.1) is 0 Å². The van der Waals surface area contributed by atoms with E-state index in [0.717, 1.165) is 5.56 Å². The predicted octanol–water partition coefficient (Wildman–Crippen LogP) is 0.891. The molecule has 0 aromatic carbocycles. The highest BCUT2D eigenvalue weighted by Gasteiger charge is 2.35. The van der Waals surface area contributed by atoms with E-state index >= 15 is 0 Å². The minimum absolute atomic E-state index is 0.186. The van der Waals surface area contributed by atoms with Gasteiger partial charge in [0, 0.05) is 12.4 Å². The number of aromatic nitrogens is 1. The molecule has 2 heterocycles. The van der Waals surface area contributed by atoms with Gasteiger partial charge in [-0.15, -0.1) is 0 Å². The van der Waals surface area contributed by atoms with Crippen LogP contribution in [-0.2, 0) is 14.3 Å². The molecule has 102 valence electrons. The number of amides is 1. The first-order chi connectivity index (χ1) is 9.08. The second-order valence-electron chi connectivity index (χ2n) is 4.55. The maximum Gasteiger partial charge on any atom is 0.332 e. The first-order valence-corrected chi connectivity index (χ1v) is 6.16. The summed E-state index contributed by atoms with van der Waals surface area (Å²) in [5.74, 6) is -1.30. The van der Waals surface area contributed by atoms with Crippen LogP contribution < -0.4 is 5.32 Å². The fourth-order valence-electron chi connectivity index (χ4n) is 2.03. The molecule has 6 nitrogen and oxygen atoms in total. The molecule has 1 aliphatic rings. The molecule has 1 fully saturated rings. The van der Waals surface area contributed by atoms with Crippen molar-refractivity contribution in [1.82, 2.24) is 10.3 Å². The smallest absolute Gasteiger partial charge is 0.332 e. The van der Waals surface area contributed by atoms with Crippen molar-refractivity contribution in [2.75, 3.05) is 0 Å². The number of hydrogen-bond acceptors (Lipinski definition) is 4. The van der Waals surface area contributed by atoms with Crippen molar-refractivity contribution in [3.8, 4) is 0 Å². The van der Waals surface area contributed by atoms with Gasteiger partial charge in [-0.05, 0) is 31.4 Å². The normalized spacial score (nSPS) is 23.8. The minimum atomic E-state index is -1.02. The second-order valence-corrected chi connectivity index (χ2v) is 4.55. The number of nitrogens with one attached hydrogen (secondary N) is 1. The van der Waals surface area contributed by atoms with Crippen LogP contribution in [-0.4, -0.2) is 34.2 Å². The Morgan fingerprint density at radius 3 is 2.79 bits per heavy atom. The molecule has 1 aromatic heterocycles. The van der Waals surface area contributed by atoms with Crippen LogP contribution in [0.5, 0.6) is 0 Å². The van der Waals surface area contributed by atoms with E-state index in [4.69, 9.17) is 9.84 Å². The molecular formula is C13H16N2O4. The molecule has 0 bridgehead atoms. The third kappa shape index (κ3) is 3.29. The average molecular weight is 264 g/mol. The number of carbonyl (C=O) groups is 2. The van der Waals surface area contributed by atoms with Gasteiger partial charge in [-0.2, -0.15) is 0 Å². The van der Waals surface area contributed by atoms with E-state index in [-0.39, 0.29) is 11.9 Å². The van der Waals surface area contributed by atoms with Gasteiger partial charge in [-0.25, -0.2) is 4.79 Å². The largest absolute Gasteiger partial charge is 0.479 e. The average Bonchev–Trinajstić information content (AvgIpc) is 2.89. The Hall–Kier alpha value is -1.95. The number of aliphatic carboxylic acids is 1. The highest BCUT2D eigenvalue weighted by molar-refractivity contribution is 5.82. The van der Waals surface area contributed by atoms with E-state index in [1.54, 1.807) is 18.5 Å². The third-order valence-corrected chi connectivity index (χ3v) is 3.13. The molecule has 0 radical (unpaired) electrons. The number of nitrogens with zero attached hydrogens (tertiary/aromatic N) is 1. The monoisotopic (exact) mass is 264 g/mol. The molecule has 1 saturated heterocycles. The Morgan fingerprint density at radius 2 is 2.21 bits per heavy atom. The number of rotatable bonds is 4. The van der Waals surface area contributed by atoms with Crippen LogP contribution in [0.15, 0.2) is 24.5 Å². The van der Waals surface area contributed by atoms with Crippen molar-refractivity contribution in [2.45, 2.75) is 38.0 Å². The fraction of sp³-hybridized carbons (Fsp3) is 0.462. The zero-order valence-corrected chi connectivity index (χ0v) is 10.6. The van der Waals surface area contributed by atoms with Crippen molar-refractivity contribution >= 4 is 11.9 Å². The van der Waals surface area contributed by atoms with Gasteiger partial charge in [0.25, 0.3) is 0 Å². The van der Waals surface area contributed by atoms with Gasteiger partial charge in [0.05, 0.1) is 6.04 Å². The molecular weight excluding hydrogens is 248 g/mol. The minimum Gasteiger partial charge on any atom is -0.479 e. The van der Waals surface area contributed by atoms with Crippen molar-refractivity contribution in [3.05, 3.63) is 30.1 Å². The summed E-state index contributed by atoms with van der Waals surface area (Å²) in [7, 11) is 0. The highest BCUT2D eigenvalue weighted by atomic mass is 16.5. The Morgan fingerprint density at radius 1 is 1.47 bits per heavy atom. The summed E-state index contributed by atoms with van der Waals surface area (Å²) in [6.45, 7) is 1.85. The molecule has 2 rings (SSSR count). The van der Waals surface area contributed by atoms with Gasteiger partial charge in [-0.3, -0.25) is 9.78 Å². The van der Waals surface area contributed by atoms with Crippen molar-refractivity contribution in [3.63, 3.8) is 0 Å². The number of hydrogen-bond donors (Lipinski definition) is 2. The van der Waals surface area contributed by atoms with Crippen molar-refractivity contribution in [1.29, 1.82) is 0 Å². The van der Waals surface area contributed by atoms with Crippen LogP contribution in [0.25, 0.3) is 0 Å². The molecule has 2 N–H and O–H groups in total. The quantitative estimate of drug-likeness (QED) is 0.843. The Labute approximate surface area is 110 Å². The van der Waals surface area contributed by atoms with Crippen LogP contribution >= 0.6 is 0 Å². The maximum absolute atomic E-state index is 11.9. The highest BCUT2D eigenvalue weighted by Crippen LogP contribution is 2.21. The van der Waals surface area contributed by atoms with Crippen LogP contribution in [0.4, 0.5) is 0 Å². The Kier molecular flexibility index (Phi) is 4.11. The van der Waals surface area contributed by atoms with E-state index in [9.17, 15) is 9.59 Å². The summed E-state index contributed by atoms with van der Waals surface area (Å²) in [5.41, 5.74) is 0.892. The predicted molar refractivity (Wildman–Crippen MR) is 66.3 cm³/mol. The summed E-state index contributed by atoms with van der Waals surface area (Å²) in [5, 5.41) is 11.6. The fourth-order valence-corrected chi connectivity index (χ4v) is 2.03. The molecule has 1 aliphatic heterocycles. The Balaban J connectivity index is 1.90. The lowest BCUT2D eigenvalue weighted by Gasteiger charge is -2.17. The van der Waals surface area contributed by atoms with Gasteiger partial charge in [0.1, 0.15) is 6.10 Å². The lowest BCUT2D eigenvalue weighted by molar-refractivity contribution is -0.151. The van der Waals surface area contributed by atoms with Crippen LogP contribution in [0.3, 0.4) is 0 Å². The standard InChI is InChI=1S/C13H16N2O4/c1-8(9-3-2-6-14-7-9)15-12(16)10-4-5-11(19-10)13(17)18/h2-3,6-8,10-11H,4-5H2,1H3,(H,15,16)(H,17,18). The van der Waals surface area contributed by atoms with E-state index in [1.165, 1.54) is 0 Å². The maximum atomic E-state index is 11.9. The molecule has 0 saturated carbocycles. The first-order valence-electron chi connectivity index (χ1n) is 6.16. The van der Waals surface area contributed by atoms with Gasteiger partial charge in [0.15, 0.2) is 6.10 Å². The van der Waals surface area contributed by atoms with Crippen molar-refractivity contribution < 1.29 is 19.4 Å². The zero-order valence-electron chi connectivity index (χ0n) is 10.6. The van der Waals surface area contributed by atoms with Gasteiger partial charge >= 0.3 is 5.97 Å². The summed E-state index contributed by atoms with van der Waals surface area (Å²) in [6, 6.07) is 3.48. The SMILES string of the molecule is CC(NC(=O)C1CCC(C(=O)O)O1)c1cccnc1. The lowest BCUT2D eigenvalue weighted by Crippen LogP contribution is -2.37. The number of ether oxygens (including phenoxy) is 1. The summed E-state index contributed by atoms with van der Waals surface area (Å²) < 4.78 is 5.19. The van der Waals surface area contributed by atoms with E-state index in [0.29, 0.717) is 12.8 Å². The van der Waals surface area contributed by atoms with Crippen molar-refractivity contribution in [2.24, 2.45) is 0 Å². The number of carbonyl (C=O) groups excluding carboxylic acids is 1. The van der Waals surface area contributed by atoms with E-state index < -0.39 is 18.2 Å². The summed E-state index contributed by atoms with van der Waals surface area (Å²) in [4.78, 5) is 26.7. The zero-order chi connectivity index (χ0) is 13.8. The number of carboxylic acid groups (broad SMARTS) is 1. The van der Waals surface area contributed by atoms with E-state index in [1.807, 2.05) is 13.0 Å². The molecule has 3 atom stereocenters. The Bertz CT molecular complexity index is 463. The molecule has 0 spiro atoms. The molecule has 6 heteroatoms. The molecule has 1 amide bonds. The third-order valence-electron chi connectivity index (χ3n) is 3.13. The molecule has 0 aliphatic carbocycles. The second kappa shape index (κ2) is 5.79. The summed E-state index contributed by atoms with van der Waals surface area (Å²) in [6.07, 6.45) is 2.59. The molecule has 1 aromatic rings. The van der Waals surface area contributed by atoms with Crippen LogP contribution in [0.1, 0.15) is 31.4 Å². The number of carboxylic acids is 1. The summed E-state index contributed by atoms with van der Waals surface area (Å²) >= 11 is 0. The molecule has 3 unspecified atom stereocenters. The van der Waals surface area contributed by atoms with Crippen LogP contribution in [0.2, 0.25) is 0 Å².